The van der Waals surface area contributed by atoms with Crippen molar-refractivity contribution in [1.29, 1.82) is 5.26 Å². The average molecular weight is 493 g/mol. The Balaban J connectivity index is 1.84. The van der Waals surface area contributed by atoms with Gasteiger partial charge in [0.1, 0.15) is 22.8 Å². The Hall–Kier alpha value is -3.10. The second kappa shape index (κ2) is 8.60. The van der Waals surface area contributed by atoms with Crippen LogP contribution in [0.2, 0.25) is 0 Å². The van der Waals surface area contributed by atoms with Crippen molar-refractivity contribution in [2.24, 2.45) is 0 Å². The minimum atomic E-state index is -4.73. The summed E-state index contributed by atoms with van der Waals surface area (Å²) in [4.78, 5) is 3.82. The molecule has 0 amide bonds. The van der Waals surface area contributed by atoms with Crippen molar-refractivity contribution >= 4 is 20.9 Å². The van der Waals surface area contributed by atoms with Crippen molar-refractivity contribution in [3.05, 3.63) is 41.6 Å². The zero-order valence-electron chi connectivity index (χ0n) is 18.5. The number of phenols is 1. The van der Waals surface area contributed by atoms with E-state index in [1.807, 2.05) is 10.6 Å². The summed E-state index contributed by atoms with van der Waals surface area (Å²) in [5.41, 5.74) is 2.53. The molecule has 1 aliphatic rings. The highest BCUT2D eigenvalue weighted by atomic mass is 32.2. The fourth-order valence-corrected chi connectivity index (χ4v) is 5.58. The molecule has 7 nitrogen and oxygen atoms in total. The molecular weight excluding hydrogens is 469 g/mol. The lowest BCUT2D eigenvalue weighted by Gasteiger charge is -2.19. The van der Waals surface area contributed by atoms with Crippen LogP contribution in [0.3, 0.4) is 0 Å². The monoisotopic (exact) mass is 492 g/mol. The molecule has 1 fully saturated rings. The molecule has 1 aromatic carbocycles. The highest BCUT2D eigenvalue weighted by Crippen LogP contribution is 2.42. The molecule has 0 radical (unpaired) electrons. The standard InChI is InChI=1S/C23H23F3N4O3S/c1-13-9-20-17(10-21(13)31)18(11-27)22(30(20)15-5-3-4-6-15)19-8-7-16(12-28-19)34(32,33)29-14(2)23(24,25)26/h7-10,12,14-15,29,31H,3-6H2,1-2H3/t14-/m0/s1. The molecule has 2 heterocycles. The number of fused-ring (bicyclic) bond motifs is 1. The number of aromatic nitrogens is 2. The van der Waals surface area contributed by atoms with Crippen LogP contribution in [0.25, 0.3) is 22.3 Å². The molecule has 2 N–H and O–H groups in total. The van der Waals surface area contributed by atoms with Gasteiger partial charge < -0.3 is 9.67 Å². The summed E-state index contributed by atoms with van der Waals surface area (Å²) in [7, 11) is -4.46. The number of aryl methyl sites for hydroxylation is 1. The van der Waals surface area contributed by atoms with Gasteiger partial charge >= 0.3 is 6.18 Å². The number of nitrogens with zero attached hydrogens (tertiary/aromatic N) is 3. The molecule has 3 aromatic rings. The minimum Gasteiger partial charge on any atom is -0.508 e. The lowest BCUT2D eigenvalue weighted by atomic mass is 10.1. The van der Waals surface area contributed by atoms with E-state index in [4.69, 9.17) is 0 Å². The quantitative estimate of drug-likeness (QED) is 0.525. The van der Waals surface area contributed by atoms with Gasteiger partial charge in [-0.25, -0.2) is 8.42 Å². The molecule has 0 bridgehead atoms. The molecule has 1 aliphatic carbocycles. The van der Waals surface area contributed by atoms with Crippen LogP contribution in [0.4, 0.5) is 13.2 Å². The van der Waals surface area contributed by atoms with Crippen LogP contribution in [0.1, 0.15) is 49.8 Å². The number of rotatable bonds is 5. The fourth-order valence-electron chi connectivity index (χ4n) is 4.40. The van der Waals surface area contributed by atoms with Crippen LogP contribution in [-0.2, 0) is 10.0 Å². The van der Waals surface area contributed by atoms with E-state index >= 15 is 0 Å². The number of benzene rings is 1. The van der Waals surface area contributed by atoms with Crippen LogP contribution in [0, 0.1) is 18.3 Å². The lowest BCUT2D eigenvalue weighted by Crippen LogP contribution is -2.42. The van der Waals surface area contributed by atoms with Crippen molar-refractivity contribution in [2.75, 3.05) is 0 Å². The molecule has 0 saturated heterocycles. The zero-order chi connectivity index (χ0) is 24.8. The third kappa shape index (κ3) is 4.23. The van der Waals surface area contributed by atoms with Crippen molar-refractivity contribution in [3.63, 3.8) is 0 Å². The normalized spacial score (nSPS) is 16.1. The van der Waals surface area contributed by atoms with Crippen LogP contribution in [0.15, 0.2) is 35.4 Å². The Kier molecular flexibility index (Phi) is 6.08. The maximum Gasteiger partial charge on any atom is 0.404 e. The molecule has 34 heavy (non-hydrogen) atoms. The summed E-state index contributed by atoms with van der Waals surface area (Å²) in [6.45, 7) is 2.48. The highest BCUT2D eigenvalue weighted by molar-refractivity contribution is 7.89. The van der Waals surface area contributed by atoms with Gasteiger partial charge in [-0.1, -0.05) is 12.8 Å². The van der Waals surface area contributed by atoms with E-state index in [0.29, 0.717) is 27.9 Å². The van der Waals surface area contributed by atoms with Crippen molar-refractivity contribution in [1.82, 2.24) is 14.3 Å². The van der Waals surface area contributed by atoms with E-state index in [1.165, 1.54) is 12.1 Å². The maximum atomic E-state index is 12.8. The van der Waals surface area contributed by atoms with Gasteiger partial charge in [-0.3, -0.25) is 4.98 Å². The largest absolute Gasteiger partial charge is 0.508 e. The molecule has 0 aliphatic heterocycles. The first-order valence-electron chi connectivity index (χ1n) is 10.8. The van der Waals surface area contributed by atoms with Crippen molar-refractivity contribution in [2.45, 2.75) is 62.7 Å². The number of nitriles is 1. The maximum absolute atomic E-state index is 12.8. The Morgan fingerprint density at radius 2 is 1.94 bits per heavy atom. The van der Waals surface area contributed by atoms with E-state index < -0.39 is 27.1 Å². The molecule has 0 unspecified atom stereocenters. The van der Waals surface area contributed by atoms with Crippen LogP contribution in [0.5, 0.6) is 5.75 Å². The molecule has 11 heteroatoms. The Morgan fingerprint density at radius 1 is 1.26 bits per heavy atom. The van der Waals surface area contributed by atoms with Crippen molar-refractivity contribution < 1.29 is 26.7 Å². The van der Waals surface area contributed by atoms with Gasteiger partial charge in [0.05, 0.1) is 22.5 Å². The first-order chi connectivity index (χ1) is 15.9. The van der Waals surface area contributed by atoms with E-state index in [2.05, 4.69) is 11.1 Å². The van der Waals surface area contributed by atoms with E-state index in [-0.39, 0.29) is 11.8 Å². The summed E-state index contributed by atoms with van der Waals surface area (Å²) in [6, 6.07) is 5.95. The summed E-state index contributed by atoms with van der Waals surface area (Å²) in [5.74, 6) is 0.0541. The number of aromatic hydroxyl groups is 1. The predicted octanol–water partition coefficient (Wildman–Crippen LogP) is 4.93. The molecule has 2 aromatic heterocycles. The number of phenolic OH excluding ortho intramolecular Hbond substituents is 1. The van der Waals surface area contributed by atoms with Crippen LogP contribution in [-0.4, -0.2) is 35.3 Å². The lowest BCUT2D eigenvalue weighted by molar-refractivity contribution is -0.147. The fraction of sp³-hybridized carbons (Fsp3) is 0.391. The second-order valence-corrected chi connectivity index (χ2v) is 10.3. The van der Waals surface area contributed by atoms with E-state index in [0.717, 1.165) is 44.3 Å². The Morgan fingerprint density at radius 3 is 2.50 bits per heavy atom. The summed E-state index contributed by atoms with van der Waals surface area (Å²) in [5, 5.41) is 20.8. The van der Waals surface area contributed by atoms with Gasteiger partial charge in [-0.2, -0.15) is 23.2 Å². The number of hydrogen-bond acceptors (Lipinski definition) is 5. The van der Waals surface area contributed by atoms with Gasteiger partial charge in [-0.15, -0.1) is 0 Å². The Labute approximate surface area is 194 Å². The zero-order valence-corrected chi connectivity index (χ0v) is 19.3. The summed E-state index contributed by atoms with van der Waals surface area (Å²) >= 11 is 0. The predicted molar refractivity (Wildman–Crippen MR) is 120 cm³/mol. The van der Waals surface area contributed by atoms with E-state index in [9.17, 15) is 32.0 Å². The first-order valence-corrected chi connectivity index (χ1v) is 12.3. The number of sulfonamides is 1. The first kappa shape index (κ1) is 24.0. The van der Waals surface area contributed by atoms with Crippen LogP contribution >= 0.6 is 0 Å². The average Bonchev–Trinajstić information content (AvgIpc) is 3.39. The third-order valence-corrected chi connectivity index (χ3v) is 7.76. The molecule has 1 saturated carbocycles. The van der Waals surface area contributed by atoms with Gasteiger partial charge in [-0.05, 0) is 56.5 Å². The van der Waals surface area contributed by atoms with E-state index in [1.54, 1.807) is 17.7 Å². The topological polar surface area (TPSA) is 108 Å². The third-order valence-electron chi connectivity index (χ3n) is 6.23. The van der Waals surface area contributed by atoms with Gasteiger partial charge in [0.25, 0.3) is 0 Å². The summed E-state index contributed by atoms with van der Waals surface area (Å²) < 4.78 is 66.9. The number of alkyl halides is 3. The van der Waals surface area contributed by atoms with Gasteiger partial charge in [0.2, 0.25) is 10.0 Å². The highest BCUT2D eigenvalue weighted by Gasteiger charge is 2.39. The molecule has 4 rings (SSSR count). The van der Waals surface area contributed by atoms with Crippen LogP contribution < -0.4 is 4.72 Å². The number of hydrogen-bond donors (Lipinski definition) is 2. The van der Waals surface area contributed by atoms with Crippen molar-refractivity contribution in [3.8, 4) is 23.2 Å². The second-order valence-electron chi connectivity index (χ2n) is 8.56. The number of nitrogens with one attached hydrogen (secondary N) is 1. The smallest absolute Gasteiger partial charge is 0.404 e. The van der Waals surface area contributed by atoms with Gasteiger partial charge in [0.15, 0.2) is 0 Å². The SMILES string of the molecule is Cc1cc2c(cc1O)c(C#N)c(-c1ccc(S(=O)(=O)N[C@@H](C)C(F)(F)F)cn1)n2C1CCCC1. The number of halogens is 3. The Bertz CT molecular complexity index is 1380. The molecular formula is C23H23F3N4O3S. The minimum absolute atomic E-state index is 0.0541. The van der Waals surface area contributed by atoms with Gasteiger partial charge in [0, 0.05) is 17.6 Å². The molecule has 180 valence electrons. The number of pyridine rings is 1. The molecule has 0 spiro atoms. The summed E-state index contributed by atoms with van der Waals surface area (Å²) in [6.07, 6.45) is 0.0999. The molecule has 1 atom stereocenters.